The predicted molar refractivity (Wildman–Crippen MR) is 54.4 cm³/mol. The maximum Gasteiger partial charge on any atom is 0.335 e. The number of nitrogen functional groups attached to an aromatic ring is 1. The van der Waals surface area contributed by atoms with Crippen molar-refractivity contribution in [1.82, 2.24) is 0 Å². The van der Waals surface area contributed by atoms with E-state index in [4.69, 9.17) is 10.8 Å². The first kappa shape index (κ1) is 11.8. The van der Waals surface area contributed by atoms with Crippen LogP contribution in [0.25, 0.3) is 0 Å². The average Bonchev–Trinajstić information content (AvgIpc) is 2.04. The van der Waals surface area contributed by atoms with E-state index < -0.39 is 5.97 Å². The van der Waals surface area contributed by atoms with E-state index in [-0.39, 0.29) is 18.0 Å². The van der Waals surface area contributed by atoms with Crippen LogP contribution in [-0.4, -0.2) is 11.1 Å². The summed E-state index contributed by atoms with van der Waals surface area (Å²) in [5, 5.41) is 8.62. The molecule has 0 aliphatic rings. The summed E-state index contributed by atoms with van der Waals surface area (Å²) in [6, 6.07) is 4.80. The molecular formula is C9H12ClNO2. The number of carboxylic acids is 1. The lowest BCUT2D eigenvalue weighted by Crippen LogP contribution is -2.00. The fourth-order valence-electron chi connectivity index (χ4n) is 1.05. The Labute approximate surface area is 83.0 Å². The van der Waals surface area contributed by atoms with E-state index in [9.17, 15) is 4.79 Å². The monoisotopic (exact) mass is 201 g/mol. The lowest BCUT2D eigenvalue weighted by atomic mass is 10.1. The average molecular weight is 202 g/mol. The van der Waals surface area contributed by atoms with Crippen molar-refractivity contribution < 1.29 is 9.90 Å². The number of carbonyl (C=O) groups is 1. The number of hydrogen-bond donors (Lipinski definition) is 2. The van der Waals surface area contributed by atoms with Crippen LogP contribution in [0.4, 0.5) is 5.69 Å². The molecule has 1 aromatic rings. The first-order valence-corrected chi connectivity index (χ1v) is 3.77. The lowest BCUT2D eigenvalue weighted by molar-refractivity contribution is 0.0697. The summed E-state index contributed by atoms with van der Waals surface area (Å²) in [7, 11) is 0. The van der Waals surface area contributed by atoms with Crippen molar-refractivity contribution in [2.45, 2.75) is 13.3 Å². The number of benzene rings is 1. The Bertz CT molecular complexity index is 312. The molecule has 0 aliphatic heterocycles. The van der Waals surface area contributed by atoms with Gasteiger partial charge in [-0.3, -0.25) is 0 Å². The van der Waals surface area contributed by atoms with Crippen LogP contribution in [0.1, 0.15) is 22.8 Å². The molecule has 3 N–H and O–H groups in total. The normalized spacial score (nSPS) is 9.00. The molecule has 0 bridgehead atoms. The van der Waals surface area contributed by atoms with Gasteiger partial charge >= 0.3 is 5.97 Å². The molecule has 0 radical (unpaired) electrons. The maximum atomic E-state index is 10.5. The van der Waals surface area contributed by atoms with Crippen molar-refractivity contribution in [2.24, 2.45) is 0 Å². The standard InChI is InChI=1S/C9H11NO2.ClH/c1-2-6-3-4-7(9(11)12)5-8(6)10;/h3-5H,2,10H2,1H3,(H,11,12);1H. The van der Waals surface area contributed by atoms with E-state index in [0.717, 1.165) is 12.0 Å². The fourth-order valence-corrected chi connectivity index (χ4v) is 1.05. The second-order valence-electron chi connectivity index (χ2n) is 2.57. The Kier molecular flexibility index (Phi) is 4.28. The molecule has 0 saturated carbocycles. The van der Waals surface area contributed by atoms with Crippen molar-refractivity contribution in [3.05, 3.63) is 29.3 Å². The van der Waals surface area contributed by atoms with E-state index in [1.807, 2.05) is 6.92 Å². The highest BCUT2D eigenvalue weighted by Crippen LogP contribution is 2.14. The first-order valence-electron chi connectivity index (χ1n) is 3.77. The molecular weight excluding hydrogens is 190 g/mol. The Hall–Kier alpha value is -1.22. The summed E-state index contributed by atoms with van der Waals surface area (Å²) in [4.78, 5) is 10.5. The van der Waals surface area contributed by atoms with Gasteiger partial charge in [0.1, 0.15) is 0 Å². The maximum absolute atomic E-state index is 10.5. The second kappa shape index (κ2) is 4.72. The van der Waals surface area contributed by atoms with E-state index in [1.165, 1.54) is 6.07 Å². The number of anilines is 1. The van der Waals surface area contributed by atoms with Crippen molar-refractivity contribution in [3.63, 3.8) is 0 Å². The van der Waals surface area contributed by atoms with Crippen LogP contribution >= 0.6 is 12.4 Å². The van der Waals surface area contributed by atoms with Crippen molar-refractivity contribution >= 4 is 24.1 Å². The first-order chi connectivity index (χ1) is 5.65. The van der Waals surface area contributed by atoms with Gasteiger partial charge in [-0.15, -0.1) is 12.4 Å². The van der Waals surface area contributed by atoms with Gasteiger partial charge in [0.25, 0.3) is 0 Å². The van der Waals surface area contributed by atoms with Crippen LogP contribution in [-0.2, 0) is 6.42 Å². The van der Waals surface area contributed by atoms with E-state index in [1.54, 1.807) is 12.1 Å². The minimum absolute atomic E-state index is 0. The molecule has 0 heterocycles. The van der Waals surface area contributed by atoms with Gasteiger partial charge in [-0.1, -0.05) is 13.0 Å². The number of halogens is 1. The third-order valence-electron chi connectivity index (χ3n) is 1.77. The Balaban J connectivity index is 0.00000144. The molecule has 0 fully saturated rings. The van der Waals surface area contributed by atoms with E-state index >= 15 is 0 Å². The topological polar surface area (TPSA) is 63.3 Å². The smallest absolute Gasteiger partial charge is 0.335 e. The summed E-state index contributed by atoms with van der Waals surface area (Å²) >= 11 is 0. The van der Waals surface area contributed by atoms with Crippen LogP contribution in [0, 0.1) is 0 Å². The van der Waals surface area contributed by atoms with Crippen molar-refractivity contribution in [2.75, 3.05) is 5.73 Å². The number of carboxylic acid groups (broad SMARTS) is 1. The molecule has 0 amide bonds. The fraction of sp³-hybridized carbons (Fsp3) is 0.222. The largest absolute Gasteiger partial charge is 0.478 e. The third-order valence-corrected chi connectivity index (χ3v) is 1.77. The Morgan fingerprint density at radius 1 is 1.54 bits per heavy atom. The quantitative estimate of drug-likeness (QED) is 0.719. The summed E-state index contributed by atoms with van der Waals surface area (Å²) in [5.41, 5.74) is 7.39. The number of rotatable bonds is 2. The molecule has 1 rings (SSSR count). The molecule has 0 unspecified atom stereocenters. The summed E-state index contributed by atoms with van der Waals surface area (Å²) < 4.78 is 0. The highest BCUT2D eigenvalue weighted by atomic mass is 35.5. The highest BCUT2D eigenvalue weighted by molar-refractivity contribution is 5.88. The predicted octanol–water partition coefficient (Wildman–Crippen LogP) is 1.95. The zero-order valence-corrected chi connectivity index (χ0v) is 8.10. The van der Waals surface area contributed by atoms with Gasteiger partial charge in [0.15, 0.2) is 0 Å². The molecule has 1 aromatic carbocycles. The van der Waals surface area contributed by atoms with Gasteiger partial charge in [0.05, 0.1) is 5.56 Å². The molecule has 0 aromatic heterocycles. The summed E-state index contributed by atoms with van der Waals surface area (Å²) in [6.45, 7) is 1.98. The molecule has 0 spiro atoms. The van der Waals surface area contributed by atoms with Crippen LogP contribution < -0.4 is 5.73 Å². The van der Waals surface area contributed by atoms with Crippen LogP contribution in [0.3, 0.4) is 0 Å². The molecule has 0 saturated heterocycles. The Morgan fingerprint density at radius 3 is 2.54 bits per heavy atom. The molecule has 0 atom stereocenters. The summed E-state index contributed by atoms with van der Waals surface area (Å²) in [6.07, 6.45) is 0.825. The van der Waals surface area contributed by atoms with Gasteiger partial charge in [-0.25, -0.2) is 4.79 Å². The molecule has 72 valence electrons. The third kappa shape index (κ3) is 2.63. The molecule has 4 heteroatoms. The molecule has 13 heavy (non-hydrogen) atoms. The number of nitrogens with two attached hydrogens (primary N) is 1. The minimum atomic E-state index is -0.940. The Morgan fingerprint density at radius 2 is 2.15 bits per heavy atom. The number of aryl methyl sites for hydroxylation is 1. The molecule has 3 nitrogen and oxygen atoms in total. The van der Waals surface area contributed by atoms with Crippen LogP contribution in [0.5, 0.6) is 0 Å². The SMILES string of the molecule is CCc1ccc(C(=O)O)cc1N.Cl. The highest BCUT2D eigenvalue weighted by Gasteiger charge is 2.04. The van der Waals surface area contributed by atoms with Gasteiger partial charge in [0, 0.05) is 5.69 Å². The van der Waals surface area contributed by atoms with Gasteiger partial charge < -0.3 is 10.8 Å². The van der Waals surface area contributed by atoms with Gasteiger partial charge in [0.2, 0.25) is 0 Å². The second-order valence-corrected chi connectivity index (χ2v) is 2.57. The van der Waals surface area contributed by atoms with Crippen molar-refractivity contribution in [1.29, 1.82) is 0 Å². The summed E-state index contributed by atoms with van der Waals surface area (Å²) in [5.74, 6) is -0.940. The van der Waals surface area contributed by atoms with Gasteiger partial charge in [-0.2, -0.15) is 0 Å². The van der Waals surface area contributed by atoms with E-state index in [2.05, 4.69) is 0 Å². The zero-order chi connectivity index (χ0) is 9.14. The van der Waals surface area contributed by atoms with Crippen LogP contribution in [0.15, 0.2) is 18.2 Å². The molecule has 0 aliphatic carbocycles. The lowest BCUT2D eigenvalue weighted by Gasteiger charge is -2.02. The van der Waals surface area contributed by atoms with E-state index in [0.29, 0.717) is 5.69 Å². The van der Waals surface area contributed by atoms with Gasteiger partial charge in [-0.05, 0) is 24.1 Å². The van der Waals surface area contributed by atoms with Crippen LogP contribution in [0.2, 0.25) is 0 Å². The van der Waals surface area contributed by atoms with Crippen molar-refractivity contribution in [3.8, 4) is 0 Å². The number of aromatic carboxylic acids is 1. The minimum Gasteiger partial charge on any atom is -0.478 e. The number of hydrogen-bond acceptors (Lipinski definition) is 2. The zero-order valence-electron chi connectivity index (χ0n) is 7.28.